The SMILES string of the molecule is CCCCC(C)NC(=O)Cc1csc(-n2cccc2)n1. The second kappa shape index (κ2) is 7.24. The number of unbranched alkanes of at least 4 members (excludes halogenated alkanes) is 1. The van der Waals surface area contributed by atoms with Gasteiger partial charge in [0, 0.05) is 23.8 Å². The van der Waals surface area contributed by atoms with E-state index in [0.29, 0.717) is 6.42 Å². The lowest BCUT2D eigenvalue weighted by atomic mass is 10.1. The molecule has 1 unspecified atom stereocenters. The summed E-state index contributed by atoms with van der Waals surface area (Å²) in [7, 11) is 0. The van der Waals surface area contributed by atoms with E-state index in [1.54, 1.807) is 11.3 Å². The molecule has 1 atom stereocenters. The number of thiazole rings is 1. The minimum absolute atomic E-state index is 0.0537. The average Bonchev–Trinajstić information content (AvgIpc) is 3.06. The highest BCUT2D eigenvalue weighted by molar-refractivity contribution is 7.12. The molecule has 20 heavy (non-hydrogen) atoms. The number of rotatable bonds is 7. The van der Waals surface area contributed by atoms with Crippen LogP contribution in [0.25, 0.3) is 5.13 Å². The molecule has 0 aliphatic carbocycles. The zero-order valence-electron chi connectivity index (χ0n) is 12.0. The monoisotopic (exact) mass is 291 g/mol. The summed E-state index contributed by atoms with van der Waals surface area (Å²) in [6.45, 7) is 4.21. The minimum atomic E-state index is 0.0537. The van der Waals surface area contributed by atoms with Gasteiger partial charge in [-0.05, 0) is 25.5 Å². The Kier molecular flexibility index (Phi) is 5.35. The van der Waals surface area contributed by atoms with E-state index < -0.39 is 0 Å². The summed E-state index contributed by atoms with van der Waals surface area (Å²) in [5.74, 6) is 0.0537. The lowest BCUT2D eigenvalue weighted by Crippen LogP contribution is -2.33. The lowest BCUT2D eigenvalue weighted by Gasteiger charge is -2.12. The van der Waals surface area contributed by atoms with E-state index in [1.807, 2.05) is 34.5 Å². The van der Waals surface area contributed by atoms with Crippen LogP contribution in [0.5, 0.6) is 0 Å². The maximum absolute atomic E-state index is 11.9. The van der Waals surface area contributed by atoms with Crippen LogP contribution in [0.1, 0.15) is 38.8 Å². The number of carbonyl (C=O) groups is 1. The van der Waals surface area contributed by atoms with E-state index in [0.717, 1.165) is 30.1 Å². The molecule has 5 heteroatoms. The first-order valence-corrected chi connectivity index (χ1v) is 7.94. The fraction of sp³-hybridized carbons (Fsp3) is 0.467. The molecule has 108 valence electrons. The van der Waals surface area contributed by atoms with Crippen molar-refractivity contribution in [2.45, 2.75) is 45.6 Å². The number of hydrogen-bond donors (Lipinski definition) is 1. The minimum Gasteiger partial charge on any atom is -0.353 e. The lowest BCUT2D eigenvalue weighted by molar-refractivity contribution is -0.121. The van der Waals surface area contributed by atoms with Crippen LogP contribution < -0.4 is 5.32 Å². The van der Waals surface area contributed by atoms with Crippen LogP contribution in [0.2, 0.25) is 0 Å². The molecular weight excluding hydrogens is 270 g/mol. The van der Waals surface area contributed by atoms with Crippen molar-refractivity contribution in [2.75, 3.05) is 0 Å². The third kappa shape index (κ3) is 4.20. The summed E-state index contributed by atoms with van der Waals surface area (Å²) in [5.41, 5.74) is 0.832. The number of hydrogen-bond acceptors (Lipinski definition) is 3. The van der Waals surface area contributed by atoms with E-state index >= 15 is 0 Å². The first-order chi connectivity index (χ1) is 9.69. The molecule has 1 N–H and O–H groups in total. The van der Waals surface area contributed by atoms with Gasteiger partial charge in [0.05, 0.1) is 12.1 Å². The van der Waals surface area contributed by atoms with Crippen molar-refractivity contribution in [3.63, 3.8) is 0 Å². The molecule has 0 spiro atoms. The molecule has 0 saturated heterocycles. The molecule has 0 saturated carbocycles. The van der Waals surface area contributed by atoms with E-state index in [4.69, 9.17) is 0 Å². The number of nitrogens with one attached hydrogen (secondary N) is 1. The molecule has 0 aromatic carbocycles. The largest absolute Gasteiger partial charge is 0.353 e. The normalized spacial score (nSPS) is 12.3. The summed E-state index contributed by atoms with van der Waals surface area (Å²) in [5, 5.41) is 5.88. The smallest absolute Gasteiger partial charge is 0.226 e. The van der Waals surface area contributed by atoms with Crippen LogP contribution in [0.15, 0.2) is 29.9 Å². The molecule has 2 aromatic rings. The summed E-state index contributed by atoms with van der Waals surface area (Å²) >= 11 is 1.55. The van der Waals surface area contributed by atoms with E-state index in [2.05, 4.69) is 24.1 Å². The Labute approximate surface area is 123 Å². The molecule has 0 bridgehead atoms. The third-order valence-electron chi connectivity index (χ3n) is 3.10. The molecule has 4 nitrogen and oxygen atoms in total. The van der Waals surface area contributed by atoms with Gasteiger partial charge in [0.2, 0.25) is 5.91 Å². The Morgan fingerprint density at radius 3 is 2.90 bits per heavy atom. The first kappa shape index (κ1) is 14.8. The van der Waals surface area contributed by atoms with Crippen molar-refractivity contribution < 1.29 is 4.79 Å². The van der Waals surface area contributed by atoms with Crippen LogP contribution in [-0.2, 0) is 11.2 Å². The third-order valence-corrected chi connectivity index (χ3v) is 4.01. The van der Waals surface area contributed by atoms with Gasteiger partial charge in [-0.2, -0.15) is 0 Å². The van der Waals surface area contributed by atoms with Crippen molar-refractivity contribution >= 4 is 17.2 Å². The Balaban J connectivity index is 1.86. The Morgan fingerprint density at radius 2 is 2.20 bits per heavy atom. The van der Waals surface area contributed by atoms with Gasteiger partial charge >= 0.3 is 0 Å². The highest BCUT2D eigenvalue weighted by atomic mass is 32.1. The van der Waals surface area contributed by atoms with Crippen molar-refractivity contribution in [3.05, 3.63) is 35.6 Å². The van der Waals surface area contributed by atoms with Gasteiger partial charge in [-0.25, -0.2) is 4.98 Å². The van der Waals surface area contributed by atoms with Crippen LogP contribution in [0.3, 0.4) is 0 Å². The molecule has 1 amide bonds. The van der Waals surface area contributed by atoms with Crippen LogP contribution >= 0.6 is 11.3 Å². The second-order valence-electron chi connectivity index (χ2n) is 5.00. The van der Waals surface area contributed by atoms with Crippen molar-refractivity contribution in [2.24, 2.45) is 0 Å². The molecule has 2 aromatic heterocycles. The molecule has 2 rings (SSSR count). The van der Waals surface area contributed by atoms with Crippen molar-refractivity contribution in [1.29, 1.82) is 0 Å². The maximum Gasteiger partial charge on any atom is 0.226 e. The molecule has 0 fully saturated rings. The second-order valence-corrected chi connectivity index (χ2v) is 5.84. The predicted molar refractivity (Wildman–Crippen MR) is 82.3 cm³/mol. The van der Waals surface area contributed by atoms with Gasteiger partial charge < -0.3 is 9.88 Å². The highest BCUT2D eigenvalue weighted by Gasteiger charge is 2.10. The fourth-order valence-corrected chi connectivity index (χ4v) is 2.82. The number of nitrogens with zero attached hydrogens (tertiary/aromatic N) is 2. The van der Waals surface area contributed by atoms with Gasteiger partial charge in [-0.15, -0.1) is 11.3 Å². The quantitative estimate of drug-likeness (QED) is 0.851. The first-order valence-electron chi connectivity index (χ1n) is 7.06. The number of aromatic nitrogens is 2. The summed E-state index contributed by atoms with van der Waals surface area (Å²) in [6, 6.07) is 4.16. The average molecular weight is 291 g/mol. The van der Waals surface area contributed by atoms with E-state index in [9.17, 15) is 4.79 Å². The number of amides is 1. The Bertz CT molecular complexity index is 533. The van der Waals surface area contributed by atoms with Gasteiger partial charge in [-0.1, -0.05) is 19.8 Å². The molecular formula is C15H21N3OS. The predicted octanol–water partition coefficient (Wildman–Crippen LogP) is 3.17. The van der Waals surface area contributed by atoms with Gasteiger partial charge in [0.1, 0.15) is 0 Å². The maximum atomic E-state index is 11.9. The van der Waals surface area contributed by atoms with Gasteiger partial charge in [-0.3, -0.25) is 4.79 Å². The van der Waals surface area contributed by atoms with Crippen LogP contribution in [-0.4, -0.2) is 21.5 Å². The van der Waals surface area contributed by atoms with Gasteiger partial charge in [0.25, 0.3) is 0 Å². The zero-order chi connectivity index (χ0) is 14.4. The Hall–Kier alpha value is -1.62. The number of carbonyl (C=O) groups excluding carboxylic acids is 1. The Morgan fingerprint density at radius 1 is 1.45 bits per heavy atom. The fourth-order valence-electron chi connectivity index (χ4n) is 2.03. The molecule has 2 heterocycles. The van der Waals surface area contributed by atoms with Gasteiger partial charge in [0.15, 0.2) is 5.13 Å². The highest BCUT2D eigenvalue weighted by Crippen LogP contribution is 2.15. The summed E-state index contributed by atoms with van der Waals surface area (Å²) < 4.78 is 1.95. The van der Waals surface area contributed by atoms with Crippen molar-refractivity contribution in [1.82, 2.24) is 14.9 Å². The van der Waals surface area contributed by atoms with Crippen LogP contribution in [0.4, 0.5) is 0 Å². The van der Waals surface area contributed by atoms with Crippen LogP contribution in [0, 0.1) is 0 Å². The molecule has 0 aliphatic heterocycles. The molecule has 0 radical (unpaired) electrons. The topological polar surface area (TPSA) is 46.9 Å². The standard InChI is InChI=1S/C15H21N3OS/c1-3-4-7-12(2)16-14(19)10-13-11-20-15(17-13)18-8-5-6-9-18/h5-6,8-9,11-12H,3-4,7,10H2,1-2H3,(H,16,19). The summed E-state index contributed by atoms with van der Waals surface area (Å²) in [6.07, 6.45) is 7.61. The van der Waals surface area contributed by atoms with Crippen molar-refractivity contribution in [3.8, 4) is 5.13 Å². The zero-order valence-corrected chi connectivity index (χ0v) is 12.8. The van der Waals surface area contributed by atoms with E-state index in [-0.39, 0.29) is 11.9 Å². The van der Waals surface area contributed by atoms with E-state index in [1.165, 1.54) is 0 Å². The molecule has 0 aliphatic rings. The summed E-state index contributed by atoms with van der Waals surface area (Å²) in [4.78, 5) is 16.4.